The Morgan fingerprint density at radius 3 is 2.69 bits per heavy atom. The molecule has 1 N–H and O–H groups in total. The van der Waals surface area contributed by atoms with Crippen LogP contribution in [0.5, 0.6) is 0 Å². The molecule has 0 heterocycles. The van der Waals surface area contributed by atoms with E-state index in [0.29, 0.717) is 6.61 Å². The molecule has 0 aromatic heterocycles. The van der Waals surface area contributed by atoms with Gasteiger partial charge in [-0.15, -0.1) is 0 Å². The van der Waals surface area contributed by atoms with Crippen LogP contribution in [0.15, 0.2) is 18.2 Å². The van der Waals surface area contributed by atoms with E-state index in [0.717, 1.165) is 11.3 Å². The molecule has 5 nitrogen and oxygen atoms in total. The van der Waals surface area contributed by atoms with Crippen molar-refractivity contribution in [2.75, 3.05) is 12.4 Å². The van der Waals surface area contributed by atoms with Gasteiger partial charge < -0.3 is 10.1 Å². The second-order valence-corrected chi connectivity index (χ2v) is 3.71. The zero-order valence-corrected chi connectivity index (χ0v) is 9.69. The number of ether oxygens (including phenoxy) is 1. The summed E-state index contributed by atoms with van der Waals surface area (Å²) in [6, 6.07) is 4.70. The Balaban J connectivity index is 2.93. The van der Waals surface area contributed by atoms with Crippen LogP contribution in [0.4, 0.5) is 11.4 Å². The third-order valence-electron chi connectivity index (χ3n) is 2.14. The average Bonchev–Trinajstić information content (AvgIpc) is 2.25. The summed E-state index contributed by atoms with van der Waals surface area (Å²) < 4.78 is 5.44. The first-order valence-electron chi connectivity index (χ1n) is 5.11. The fourth-order valence-corrected chi connectivity index (χ4v) is 1.31. The third kappa shape index (κ3) is 3.20. The fourth-order valence-electron chi connectivity index (χ4n) is 1.31. The monoisotopic (exact) mass is 224 g/mol. The summed E-state index contributed by atoms with van der Waals surface area (Å²) in [6.07, 6.45) is 0.101. The Hall–Kier alpha value is -1.62. The van der Waals surface area contributed by atoms with E-state index in [9.17, 15) is 10.1 Å². The van der Waals surface area contributed by atoms with Crippen LogP contribution in [0.25, 0.3) is 0 Å². The molecule has 0 unspecified atom stereocenters. The highest BCUT2D eigenvalue weighted by Crippen LogP contribution is 2.22. The van der Waals surface area contributed by atoms with Gasteiger partial charge in [-0.05, 0) is 19.9 Å². The molecule has 0 aliphatic rings. The number of hydrogen-bond donors (Lipinski definition) is 1. The molecular weight excluding hydrogens is 208 g/mol. The molecule has 5 heteroatoms. The van der Waals surface area contributed by atoms with Crippen molar-refractivity contribution >= 4 is 11.4 Å². The predicted octanol–water partition coefficient (Wildman–Crippen LogP) is 2.56. The summed E-state index contributed by atoms with van der Waals surface area (Å²) in [5.41, 5.74) is 1.73. The largest absolute Gasteiger partial charge is 0.388 e. The van der Waals surface area contributed by atoms with Gasteiger partial charge in [0.1, 0.15) is 0 Å². The van der Waals surface area contributed by atoms with Crippen LogP contribution in [0, 0.1) is 10.1 Å². The maximum absolute atomic E-state index is 10.6. The third-order valence-corrected chi connectivity index (χ3v) is 2.14. The van der Waals surface area contributed by atoms with Crippen LogP contribution in [0.1, 0.15) is 19.4 Å². The first-order chi connectivity index (χ1) is 7.54. The molecule has 0 aliphatic heterocycles. The van der Waals surface area contributed by atoms with Gasteiger partial charge >= 0.3 is 0 Å². The zero-order valence-electron chi connectivity index (χ0n) is 9.69. The summed E-state index contributed by atoms with van der Waals surface area (Å²) in [6.45, 7) is 4.22. The van der Waals surface area contributed by atoms with Crippen LogP contribution >= 0.6 is 0 Å². The molecule has 0 fully saturated rings. The lowest BCUT2D eigenvalue weighted by Gasteiger charge is -2.11. The highest BCUT2D eigenvalue weighted by Gasteiger charge is 2.10. The van der Waals surface area contributed by atoms with Crippen molar-refractivity contribution in [3.8, 4) is 0 Å². The number of benzene rings is 1. The van der Waals surface area contributed by atoms with Crippen LogP contribution in [-0.4, -0.2) is 18.1 Å². The lowest BCUT2D eigenvalue weighted by molar-refractivity contribution is -0.384. The number of anilines is 1. The second kappa shape index (κ2) is 5.46. The summed E-state index contributed by atoms with van der Waals surface area (Å²) in [7, 11) is 1.78. The van der Waals surface area contributed by atoms with Gasteiger partial charge in [0.2, 0.25) is 0 Å². The Bertz CT molecular complexity index is 377. The topological polar surface area (TPSA) is 64.4 Å². The van der Waals surface area contributed by atoms with Gasteiger partial charge in [-0.1, -0.05) is 0 Å². The smallest absolute Gasteiger partial charge is 0.269 e. The van der Waals surface area contributed by atoms with Gasteiger partial charge in [-0.3, -0.25) is 10.1 Å². The number of rotatable bonds is 5. The summed E-state index contributed by atoms with van der Waals surface area (Å²) >= 11 is 0. The highest BCUT2D eigenvalue weighted by atomic mass is 16.6. The molecule has 0 atom stereocenters. The molecule has 0 radical (unpaired) electrons. The lowest BCUT2D eigenvalue weighted by Crippen LogP contribution is -2.05. The predicted molar refractivity (Wildman–Crippen MR) is 62.6 cm³/mol. The summed E-state index contributed by atoms with van der Waals surface area (Å²) in [5, 5.41) is 13.6. The van der Waals surface area contributed by atoms with Gasteiger partial charge in [0, 0.05) is 30.4 Å². The van der Waals surface area contributed by atoms with Gasteiger partial charge in [0.25, 0.3) is 5.69 Å². The molecule has 0 spiro atoms. The first-order valence-corrected chi connectivity index (χ1v) is 5.11. The Kier molecular flexibility index (Phi) is 4.25. The van der Waals surface area contributed by atoms with Crippen molar-refractivity contribution in [2.24, 2.45) is 0 Å². The standard InChI is InChI=1S/C11H16N2O3/c1-8(2)16-7-9-6-10(13(14)15)4-5-11(9)12-3/h4-6,8,12H,7H2,1-3H3. The lowest BCUT2D eigenvalue weighted by atomic mass is 10.1. The van der Waals surface area contributed by atoms with E-state index in [1.165, 1.54) is 12.1 Å². The zero-order chi connectivity index (χ0) is 12.1. The fraction of sp³-hybridized carbons (Fsp3) is 0.455. The minimum atomic E-state index is -0.404. The van der Waals surface area contributed by atoms with Gasteiger partial charge in [-0.25, -0.2) is 0 Å². The number of nitrogens with one attached hydrogen (secondary N) is 1. The number of nitrogens with zero attached hydrogens (tertiary/aromatic N) is 1. The number of nitro groups is 1. The van der Waals surface area contributed by atoms with Crippen molar-refractivity contribution in [3.63, 3.8) is 0 Å². The molecule has 0 saturated heterocycles. The van der Waals surface area contributed by atoms with E-state index < -0.39 is 4.92 Å². The van der Waals surface area contributed by atoms with Crippen LogP contribution in [0.2, 0.25) is 0 Å². The maximum Gasteiger partial charge on any atom is 0.269 e. The number of hydrogen-bond acceptors (Lipinski definition) is 4. The van der Waals surface area contributed by atoms with E-state index in [4.69, 9.17) is 4.74 Å². The Morgan fingerprint density at radius 2 is 2.19 bits per heavy atom. The number of non-ortho nitro benzene ring substituents is 1. The van der Waals surface area contributed by atoms with Crippen LogP contribution in [0.3, 0.4) is 0 Å². The van der Waals surface area contributed by atoms with E-state index >= 15 is 0 Å². The summed E-state index contributed by atoms with van der Waals surface area (Å²) in [5.74, 6) is 0. The van der Waals surface area contributed by atoms with E-state index in [-0.39, 0.29) is 11.8 Å². The van der Waals surface area contributed by atoms with E-state index in [2.05, 4.69) is 5.32 Å². The molecule has 0 amide bonds. The van der Waals surface area contributed by atoms with Crippen molar-refractivity contribution in [1.29, 1.82) is 0 Å². The van der Waals surface area contributed by atoms with Crippen LogP contribution < -0.4 is 5.32 Å². The molecular formula is C11H16N2O3. The quantitative estimate of drug-likeness (QED) is 0.616. The number of nitro benzene ring substituents is 1. The van der Waals surface area contributed by atoms with Crippen molar-refractivity contribution < 1.29 is 9.66 Å². The molecule has 0 aliphatic carbocycles. The molecule has 1 aromatic rings. The molecule has 1 rings (SSSR count). The average molecular weight is 224 g/mol. The minimum absolute atomic E-state index is 0.0846. The van der Waals surface area contributed by atoms with Crippen molar-refractivity contribution in [3.05, 3.63) is 33.9 Å². The minimum Gasteiger partial charge on any atom is -0.388 e. The van der Waals surface area contributed by atoms with E-state index in [1.807, 2.05) is 13.8 Å². The van der Waals surface area contributed by atoms with Crippen molar-refractivity contribution in [2.45, 2.75) is 26.6 Å². The molecule has 0 saturated carbocycles. The van der Waals surface area contributed by atoms with Gasteiger partial charge in [0.15, 0.2) is 0 Å². The van der Waals surface area contributed by atoms with E-state index in [1.54, 1.807) is 13.1 Å². The molecule has 16 heavy (non-hydrogen) atoms. The Labute approximate surface area is 94.6 Å². The second-order valence-electron chi connectivity index (χ2n) is 3.71. The first kappa shape index (κ1) is 12.4. The van der Waals surface area contributed by atoms with Gasteiger partial charge in [0.05, 0.1) is 17.6 Å². The molecule has 1 aromatic carbocycles. The van der Waals surface area contributed by atoms with Gasteiger partial charge in [-0.2, -0.15) is 0 Å². The normalized spacial score (nSPS) is 10.5. The molecule has 0 bridgehead atoms. The molecule has 88 valence electrons. The van der Waals surface area contributed by atoms with Crippen LogP contribution in [-0.2, 0) is 11.3 Å². The Morgan fingerprint density at radius 1 is 1.50 bits per heavy atom. The SMILES string of the molecule is CNc1ccc([N+](=O)[O-])cc1COC(C)C. The highest BCUT2D eigenvalue weighted by molar-refractivity contribution is 5.55. The van der Waals surface area contributed by atoms with Crippen molar-refractivity contribution in [1.82, 2.24) is 0 Å². The summed E-state index contributed by atoms with van der Waals surface area (Å²) in [4.78, 5) is 10.2. The maximum atomic E-state index is 10.6.